The van der Waals surface area contributed by atoms with Gasteiger partial charge in [0.2, 0.25) is 5.91 Å². The number of rotatable bonds is 35. The van der Waals surface area contributed by atoms with Gasteiger partial charge in [0.15, 0.2) is 6.29 Å². The van der Waals surface area contributed by atoms with Crippen LogP contribution in [-0.4, -0.2) is 87.5 Å². The van der Waals surface area contributed by atoms with Gasteiger partial charge in [-0.25, -0.2) is 0 Å². The van der Waals surface area contributed by atoms with Crippen molar-refractivity contribution in [2.45, 2.75) is 217 Å². The van der Waals surface area contributed by atoms with Gasteiger partial charge in [0, 0.05) is 6.42 Å². The van der Waals surface area contributed by atoms with E-state index in [2.05, 4.69) is 55.6 Å². The summed E-state index contributed by atoms with van der Waals surface area (Å²) in [7, 11) is 0. The van der Waals surface area contributed by atoms with E-state index < -0.39 is 49.5 Å². The Kier molecular flexibility index (Phi) is 33.0. The lowest BCUT2D eigenvalue weighted by Crippen LogP contribution is -2.60. The lowest BCUT2D eigenvalue weighted by Gasteiger charge is -2.40. The second-order valence-electron chi connectivity index (χ2n) is 15.1. The average Bonchev–Trinajstić information content (AvgIpc) is 3.17. The first-order chi connectivity index (χ1) is 26.3. The molecule has 0 spiro atoms. The van der Waals surface area contributed by atoms with Crippen LogP contribution in [0.1, 0.15) is 174 Å². The van der Waals surface area contributed by atoms with Crippen LogP contribution < -0.4 is 5.32 Å². The van der Waals surface area contributed by atoms with E-state index in [0.29, 0.717) is 6.42 Å². The molecular formula is C45H81NO8. The number of aliphatic hydroxyl groups excluding tert-OH is 5. The van der Waals surface area contributed by atoms with Crippen molar-refractivity contribution in [3.05, 3.63) is 48.6 Å². The summed E-state index contributed by atoms with van der Waals surface area (Å²) >= 11 is 0. The van der Waals surface area contributed by atoms with E-state index in [9.17, 15) is 30.3 Å². The van der Waals surface area contributed by atoms with Crippen molar-refractivity contribution in [1.29, 1.82) is 0 Å². The molecule has 0 radical (unpaired) electrons. The number of hydrogen-bond acceptors (Lipinski definition) is 8. The maximum atomic E-state index is 12.9. The van der Waals surface area contributed by atoms with Crippen molar-refractivity contribution in [3.63, 3.8) is 0 Å². The van der Waals surface area contributed by atoms with Crippen molar-refractivity contribution in [3.8, 4) is 0 Å². The molecule has 1 aliphatic heterocycles. The highest BCUT2D eigenvalue weighted by Crippen LogP contribution is 2.22. The van der Waals surface area contributed by atoms with Gasteiger partial charge in [0.25, 0.3) is 0 Å². The summed E-state index contributed by atoms with van der Waals surface area (Å²) in [5, 5.41) is 54.1. The second-order valence-corrected chi connectivity index (χ2v) is 15.1. The molecule has 1 fully saturated rings. The van der Waals surface area contributed by atoms with Crippen LogP contribution in [0.25, 0.3) is 0 Å². The minimum absolute atomic E-state index is 0.201. The molecule has 0 aromatic carbocycles. The number of ether oxygens (including phenoxy) is 2. The van der Waals surface area contributed by atoms with Crippen LogP contribution in [-0.2, 0) is 14.3 Å². The third-order valence-corrected chi connectivity index (χ3v) is 10.2. The first kappa shape index (κ1) is 50.2. The van der Waals surface area contributed by atoms with E-state index in [0.717, 1.165) is 64.2 Å². The normalized spacial score (nSPS) is 21.9. The van der Waals surface area contributed by atoms with Crippen molar-refractivity contribution in [2.24, 2.45) is 0 Å². The molecule has 7 unspecified atom stereocenters. The fraction of sp³-hybridized carbons (Fsp3) is 0.800. The van der Waals surface area contributed by atoms with Gasteiger partial charge >= 0.3 is 0 Å². The van der Waals surface area contributed by atoms with E-state index in [1.165, 1.54) is 89.9 Å². The Bertz CT molecular complexity index is 983. The summed E-state index contributed by atoms with van der Waals surface area (Å²) in [5.74, 6) is -0.208. The molecule has 1 aliphatic rings. The minimum Gasteiger partial charge on any atom is -0.394 e. The lowest BCUT2D eigenvalue weighted by molar-refractivity contribution is -0.302. The zero-order chi connectivity index (χ0) is 39.5. The Morgan fingerprint density at radius 2 is 1.15 bits per heavy atom. The number of carbonyl (C=O) groups excluding carboxylic acids is 1. The van der Waals surface area contributed by atoms with Crippen molar-refractivity contribution in [1.82, 2.24) is 5.32 Å². The Morgan fingerprint density at radius 3 is 1.70 bits per heavy atom. The number of allylic oxidation sites excluding steroid dienone is 7. The predicted octanol–water partition coefficient (Wildman–Crippen LogP) is 8.67. The SMILES string of the molecule is CC/C=C\C/C=C\C/C=C\CCCCCC(=O)NC(COC1OC(CO)C(O)C(O)C1O)C(O)/C=C/CCCCCCCCCCCCCCCCCC. The van der Waals surface area contributed by atoms with E-state index in [1.54, 1.807) is 6.08 Å². The quantitative estimate of drug-likeness (QED) is 0.0278. The molecule has 6 N–H and O–H groups in total. The van der Waals surface area contributed by atoms with Gasteiger partial charge in [0.1, 0.15) is 24.4 Å². The molecule has 9 heteroatoms. The number of nitrogens with one attached hydrogen (secondary N) is 1. The maximum absolute atomic E-state index is 12.9. The summed E-state index contributed by atoms with van der Waals surface area (Å²) < 4.78 is 11.2. The van der Waals surface area contributed by atoms with Gasteiger partial charge in [0.05, 0.1) is 25.4 Å². The minimum atomic E-state index is -1.57. The fourth-order valence-electron chi connectivity index (χ4n) is 6.64. The van der Waals surface area contributed by atoms with Crippen LogP contribution in [0, 0.1) is 0 Å². The summed E-state index contributed by atoms with van der Waals surface area (Å²) in [6, 6.07) is -0.819. The largest absolute Gasteiger partial charge is 0.394 e. The van der Waals surface area contributed by atoms with Gasteiger partial charge in [-0.3, -0.25) is 4.79 Å². The fourth-order valence-corrected chi connectivity index (χ4v) is 6.64. The number of carbonyl (C=O) groups is 1. The Labute approximate surface area is 329 Å². The van der Waals surface area contributed by atoms with Crippen molar-refractivity contribution >= 4 is 5.91 Å². The van der Waals surface area contributed by atoms with Crippen LogP contribution in [0.15, 0.2) is 48.6 Å². The Morgan fingerprint density at radius 1 is 0.648 bits per heavy atom. The van der Waals surface area contributed by atoms with Crippen LogP contribution in [0.5, 0.6) is 0 Å². The molecule has 1 heterocycles. The summed E-state index contributed by atoms with van der Waals surface area (Å²) in [5.41, 5.74) is 0. The van der Waals surface area contributed by atoms with Crippen LogP contribution >= 0.6 is 0 Å². The number of hydrogen-bond donors (Lipinski definition) is 6. The van der Waals surface area contributed by atoms with Crippen molar-refractivity contribution < 1.29 is 39.8 Å². The number of aliphatic hydroxyl groups is 5. The standard InChI is InChI=1S/C45H81NO8/c1-3-5-7-9-11-13-15-17-18-19-20-21-23-24-26-28-30-32-34-39(48)38(37-53-45-44(52)43(51)42(50)40(36-47)54-45)46-41(49)35-33-31-29-27-25-22-16-14-12-10-8-6-4-2/h6,8,12,14,22,25,32,34,38-40,42-45,47-48,50-52H,3-5,7,9-11,13,15-21,23-24,26-31,33,35-37H2,1-2H3,(H,46,49)/b8-6-,14-12-,25-22-,34-32+. The van der Waals surface area contributed by atoms with Gasteiger partial charge in [-0.1, -0.05) is 165 Å². The molecule has 7 atom stereocenters. The topological polar surface area (TPSA) is 149 Å². The molecule has 0 saturated carbocycles. The maximum Gasteiger partial charge on any atom is 0.220 e. The van der Waals surface area contributed by atoms with Gasteiger partial charge < -0.3 is 40.3 Å². The van der Waals surface area contributed by atoms with Crippen LogP contribution in [0.4, 0.5) is 0 Å². The highest BCUT2D eigenvalue weighted by atomic mass is 16.7. The molecule has 314 valence electrons. The molecule has 0 bridgehead atoms. The third kappa shape index (κ3) is 26.1. The van der Waals surface area contributed by atoms with Crippen LogP contribution in [0.2, 0.25) is 0 Å². The molecule has 1 rings (SSSR count). The summed E-state index contributed by atoms with van der Waals surface area (Å²) in [6.45, 7) is 3.63. The van der Waals surface area contributed by atoms with E-state index in [-0.39, 0.29) is 12.5 Å². The average molecular weight is 764 g/mol. The molecule has 0 aliphatic carbocycles. The zero-order valence-electron chi connectivity index (χ0n) is 34.2. The highest BCUT2D eigenvalue weighted by Gasteiger charge is 2.44. The zero-order valence-corrected chi connectivity index (χ0v) is 34.2. The monoisotopic (exact) mass is 764 g/mol. The van der Waals surface area contributed by atoms with Gasteiger partial charge in [-0.15, -0.1) is 0 Å². The number of unbranched alkanes of at least 4 members (excludes halogenated alkanes) is 19. The summed E-state index contributed by atoms with van der Waals surface area (Å²) in [6.07, 6.45) is 37.3. The lowest BCUT2D eigenvalue weighted by atomic mass is 9.99. The first-order valence-corrected chi connectivity index (χ1v) is 21.9. The Balaban J connectivity index is 2.40. The molecule has 0 aromatic rings. The van der Waals surface area contributed by atoms with Crippen LogP contribution in [0.3, 0.4) is 0 Å². The van der Waals surface area contributed by atoms with Crippen molar-refractivity contribution in [2.75, 3.05) is 13.2 Å². The second kappa shape index (κ2) is 35.6. The van der Waals surface area contributed by atoms with E-state index >= 15 is 0 Å². The predicted molar refractivity (Wildman–Crippen MR) is 221 cm³/mol. The van der Waals surface area contributed by atoms with E-state index in [4.69, 9.17) is 9.47 Å². The highest BCUT2D eigenvalue weighted by molar-refractivity contribution is 5.76. The number of amides is 1. The molecule has 9 nitrogen and oxygen atoms in total. The smallest absolute Gasteiger partial charge is 0.220 e. The van der Waals surface area contributed by atoms with Gasteiger partial charge in [-0.2, -0.15) is 0 Å². The van der Waals surface area contributed by atoms with E-state index in [1.807, 2.05) is 6.08 Å². The molecule has 54 heavy (non-hydrogen) atoms. The third-order valence-electron chi connectivity index (χ3n) is 10.2. The molecular weight excluding hydrogens is 682 g/mol. The first-order valence-electron chi connectivity index (χ1n) is 21.9. The Hall–Kier alpha value is -1.85. The summed E-state index contributed by atoms with van der Waals surface area (Å²) in [4.78, 5) is 12.9. The molecule has 1 saturated heterocycles. The molecule has 1 amide bonds. The van der Waals surface area contributed by atoms with Gasteiger partial charge in [-0.05, 0) is 51.4 Å². The molecule has 0 aromatic heterocycles.